The fraction of sp³-hybridized carbons (Fsp3) is 0.471. The molecular weight excluding hydrogens is 330 g/mol. The zero-order valence-corrected chi connectivity index (χ0v) is 15.1. The molecule has 0 fully saturated rings. The number of benzene rings is 1. The Hall–Kier alpha value is -2.08. The molecule has 0 bridgehead atoms. The number of rotatable bonds is 5. The molecule has 0 saturated carbocycles. The second-order valence-corrected chi connectivity index (χ2v) is 6.61. The number of hydrogen-bond donors (Lipinski definition) is 1. The monoisotopic (exact) mass is 351 g/mol. The molecule has 2 aromatic rings. The highest BCUT2D eigenvalue weighted by Crippen LogP contribution is 2.18. The maximum atomic E-state index is 12.7. The summed E-state index contributed by atoms with van der Waals surface area (Å²) in [6.45, 7) is 8.09. The molecule has 2 rings (SSSR count). The Labute approximate surface area is 145 Å². The van der Waals surface area contributed by atoms with Crippen LogP contribution in [-0.4, -0.2) is 21.6 Å². The predicted molar refractivity (Wildman–Crippen MR) is 95.7 cm³/mol. The first-order chi connectivity index (χ1) is 11.3. The first-order valence-electron chi connectivity index (χ1n) is 8.00. The van der Waals surface area contributed by atoms with Crippen LogP contribution in [0.2, 0.25) is 5.02 Å². The topological polar surface area (TPSA) is 73.1 Å². The molecule has 0 spiro atoms. The van der Waals surface area contributed by atoms with Crippen LogP contribution in [0.4, 0.5) is 0 Å². The van der Waals surface area contributed by atoms with Crippen LogP contribution < -0.4 is 16.6 Å². The van der Waals surface area contributed by atoms with Crippen LogP contribution in [0.25, 0.3) is 10.9 Å². The average molecular weight is 352 g/mol. The lowest BCUT2D eigenvalue weighted by molar-refractivity contribution is -0.124. The van der Waals surface area contributed by atoms with Gasteiger partial charge in [-0.3, -0.25) is 18.7 Å². The number of nitrogens with zero attached hydrogens (tertiary/aromatic N) is 2. The van der Waals surface area contributed by atoms with E-state index in [4.69, 9.17) is 11.6 Å². The average Bonchev–Trinajstić information content (AvgIpc) is 2.52. The maximum Gasteiger partial charge on any atom is 0.332 e. The van der Waals surface area contributed by atoms with Gasteiger partial charge < -0.3 is 5.32 Å². The van der Waals surface area contributed by atoms with Gasteiger partial charge in [0.25, 0.3) is 5.56 Å². The van der Waals surface area contributed by atoms with Crippen LogP contribution in [0.1, 0.15) is 33.7 Å². The molecule has 1 aromatic carbocycles. The Kier molecular flexibility index (Phi) is 5.49. The summed E-state index contributed by atoms with van der Waals surface area (Å²) in [5, 5.41) is 3.59. The molecule has 1 amide bonds. The van der Waals surface area contributed by atoms with Crippen LogP contribution >= 0.6 is 11.6 Å². The van der Waals surface area contributed by atoms with E-state index in [1.807, 2.05) is 13.8 Å². The highest BCUT2D eigenvalue weighted by atomic mass is 35.5. The Balaban J connectivity index is 2.68. The lowest BCUT2D eigenvalue weighted by Crippen LogP contribution is -2.44. The van der Waals surface area contributed by atoms with Crippen molar-refractivity contribution in [2.45, 2.75) is 40.3 Å². The second kappa shape index (κ2) is 7.21. The van der Waals surface area contributed by atoms with Gasteiger partial charge in [0.1, 0.15) is 6.04 Å². The quantitative estimate of drug-likeness (QED) is 0.897. The summed E-state index contributed by atoms with van der Waals surface area (Å²) < 4.78 is 2.46. The summed E-state index contributed by atoms with van der Waals surface area (Å²) in [6.07, 6.45) is 0. The number of aromatic nitrogens is 2. The zero-order chi connectivity index (χ0) is 18.0. The van der Waals surface area contributed by atoms with Gasteiger partial charge in [-0.05, 0) is 38.0 Å². The molecule has 0 radical (unpaired) electrons. The van der Waals surface area contributed by atoms with Gasteiger partial charge in [-0.1, -0.05) is 25.4 Å². The van der Waals surface area contributed by atoms with E-state index in [0.717, 1.165) is 4.57 Å². The smallest absolute Gasteiger partial charge is 0.332 e. The lowest BCUT2D eigenvalue weighted by atomic mass is 10.2. The molecule has 1 unspecified atom stereocenters. The summed E-state index contributed by atoms with van der Waals surface area (Å²) >= 11 is 6.03. The molecule has 7 heteroatoms. The minimum Gasteiger partial charge on any atom is -0.354 e. The van der Waals surface area contributed by atoms with Crippen molar-refractivity contribution < 1.29 is 4.79 Å². The number of halogens is 1. The van der Waals surface area contributed by atoms with Crippen molar-refractivity contribution in [2.24, 2.45) is 5.92 Å². The molecule has 0 aliphatic rings. The van der Waals surface area contributed by atoms with E-state index in [1.54, 1.807) is 32.0 Å². The van der Waals surface area contributed by atoms with Gasteiger partial charge in [-0.15, -0.1) is 0 Å². The van der Waals surface area contributed by atoms with Crippen molar-refractivity contribution >= 4 is 28.4 Å². The van der Waals surface area contributed by atoms with Gasteiger partial charge in [0.05, 0.1) is 10.9 Å². The van der Waals surface area contributed by atoms with Crippen LogP contribution in [0.5, 0.6) is 0 Å². The minimum atomic E-state index is -0.754. The van der Waals surface area contributed by atoms with Gasteiger partial charge >= 0.3 is 5.69 Å². The SMILES string of the molecule is CCn1c(=O)c2ccc(Cl)cc2n(C(C)C(=O)NCC(C)C)c1=O. The third kappa shape index (κ3) is 3.38. The summed E-state index contributed by atoms with van der Waals surface area (Å²) in [4.78, 5) is 37.6. The van der Waals surface area contributed by atoms with Gasteiger partial charge in [-0.25, -0.2) is 4.79 Å². The van der Waals surface area contributed by atoms with Crippen LogP contribution in [0.15, 0.2) is 27.8 Å². The first-order valence-corrected chi connectivity index (χ1v) is 8.38. The van der Waals surface area contributed by atoms with E-state index in [2.05, 4.69) is 5.32 Å². The molecular formula is C17H22ClN3O3. The third-order valence-electron chi connectivity index (χ3n) is 3.90. The van der Waals surface area contributed by atoms with E-state index in [9.17, 15) is 14.4 Å². The van der Waals surface area contributed by atoms with Crippen LogP contribution in [0, 0.1) is 5.92 Å². The van der Waals surface area contributed by atoms with E-state index < -0.39 is 11.7 Å². The Morgan fingerprint density at radius 1 is 1.25 bits per heavy atom. The highest BCUT2D eigenvalue weighted by Gasteiger charge is 2.21. The highest BCUT2D eigenvalue weighted by molar-refractivity contribution is 6.31. The molecule has 0 aliphatic carbocycles. The van der Waals surface area contributed by atoms with Crippen LogP contribution in [0.3, 0.4) is 0 Å². The minimum absolute atomic E-state index is 0.233. The number of fused-ring (bicyclic) bond motifs is 1. The van der Waals surface area contributed by atoms with Crippen molar-refractivity contribution in [1.82, 2.24) is 14.5 Å². The number of carbonyl (C=O) groups is 1. The fourth-order valence-electron chi connectivity index (χ4n) is 2.57. The van der Waals surface area contributed by atoms with Crippen molar-refractivity contribution in [2.75, 3.05) is 6.54 Å². The Morgan fingerprint density at radius 3 is 2.50 bits per heavy atom. The van der Waals surface area contributed by atoms with Crippen molar-refractivity contribution in [3.05, 3.63) is 44.1 Å². The largest absolute Gasteiger partial charge is 0.354 e. The van der Waals surface area contributed by atoms with Crippen molar-refractivity contribution in [3.63, 3.8) is 0 Å². The van der Waals surface area contributed by atoms with E-state index in [1.165, 1.54) is 4.57 Å². The van der Waals surface area contributed by atoms with E-state index >= 15 is 0 Å². The van der Waals surface area contributed by atoms with E-state index in [-0.39, 0.29) is 18.0 Å². The molecule has 6 nitrogen and oxygen atoms in total. The number of carbonyl (C=O) groups excluding carboxylic acids is 1. The van der Waals surface area contributed by atoms with Crippen molar-refractivity contribution in [1.29, 1.82) is 0 Å². The standard InChI is InChI=1S/C17H22ClN3O3/c1-5-20-16(23)13-7-6-12(18)8-14(13)21(17(20)24)11(4)15(22)19-9-10(2)3/h6-8,10-11H,5,9H2,1-4H3,(H,19,22). The molecule has 0 aliphatic heterocycles. The Bertz CT molecular complexity index is 883. The van der Waals surface area contributed by atoms with Gasteiger partial charge in [0, 0.05) is 18.1 Å². The number of hydrogen-bond acceptors (Lipinski definition) is 3. The van der Waals surface area contributed by atoms with Crippen LogP contribution in [-0.2, 0) is 11.3 Å². The summed E-state index contributed by atoms with van der Waals surface area (Å²) in [5.41, 5.74) is -0.515. The van der Waals surface area contributed by atoms with E-state index in [0.29, 0.717) is 28.4 Å². The van der Waals surface area contributed by atoms with Crippen molar-refractivity contribution in [3.8, 4) is 0 Å². The first kappa shape index (κ1) is 18.3. The predicted octanol–water partition coefficient (Wildman–Crippen LogP) is 2.17. The van der Waals surface area contributed by atoms with Gasteiger partial charge in [0.2, 0.25) is 5.91 Å². The van der Waals surface area contributed by atoms with Gasteiger partial charge in [0.15, 0.2) is 0 Å². The molecule has 0 saturated heterocycles. The fourth-order valence-corrected chi connectivity index (χ4v) is 2.74. The second-order valence-electron chi connectivity index (χ2n) is 6.18. The Morgan fingerprint density at radius 2 is 1.92 bits per heavy atom. The number of amides is 1. The summed E-state index contributed by atoms with van der Waals surface area (Å²) in [6, 6.07) is 3.98. The molecule has 130 valence electrons. The molecule has 1 heterocycles. The molecule has 1 atom stereocenters. The summed E-state index contributed by atoms with van der Waals surface area (Å²) in [5.74, 6) is 0.0297. The summed E-state index contributed by atoms with van der Waals surface area (Å²) in [7, 11) is 0. The van der Waals surface area contributed by atoms with Gasteiger partial charge in [-0.2, -0.15) is 0 Å². The normalized spacial score (nSPS) is 12.6. The molecule has 24 heavy (non-hydrogen) atoms. The zero-order valence-electron chi connectivity index (χ0n) is 14.3. The lowest BCUT2D eigenvalue weighted by Gasteiger charge is -2.20. The maximum absolute atomic E-state index is 12.7. The number of nitrogens with one attached hydrogen (secondary N) is 1. The molecule has 1 N–H and O–H groups in total. The molecule has 1 aromatic heterocycles. The third-order valence-corrected chi connectivity index (χ3v) is 4.13.